The molecule has 3 aromatic rings. The Labute approximate surface area is 202 Å². The number of aryl methyl sites for hydroxylation is 1. The topological polar surface area (TPSA) is 67.2 Å². The molecule has 1 atom stereocenters. The van der Waals surface area contributed by atoms with Gasteiger partial charge in [-0.3, -0.25) is 9.59 Å². The maximum atomic E-state index is 13.0. The number of benzene rings is 2. The molecule has 1 aromatic heterocycles. The van der Waals surface area contributed by atoms with E-state index in [0.717, 1.165) is 30.8 Å². The van der Waals surface area contributed by atoms with Crippen molar-refractivity contribution in [2.24, 2.45) is 0 Å². The van der Waals surface area contributed by atoms with Gasteiger partial charge < -0.3 is 14.8 Å². The first-order chi connectivity index (χ1) is 16.0. The van der Waals surface area contributed by atoms with Crippen LogP contribution in [0.4, 0.5) is 5.69 Å². The quantitative estimate of drug-likeness (QED) is 0.538. The van der Waals surface area contributed by atoms with Gasteiger partial charge in [-0.2, -0.15) is 0 Å². The second-order valence-corrected chi connectivity index (χ2v) is 9.35. The monoisotopic (exact) mass is 482 g/mol. The van der Waals surface area contributed by atoms with Crippen LogP contribution in [0.5, 0.6) is 0 Å². The maximum absolute atomic E-state index is 13.0. The van der Waals surface area contributed by atoms with Crippen molar-refractivity contribution >= 4 is 40.7 Å². The lowest BCUT2D eigenvalue weighted by molar-refractivity contribution is -0.119. The van der Waals surface area contributed by atoms with Gasteiger partial charge in [-0.25, -0.2) is 4.98 Å². The molecule has 1 saturated heterocycles. The molecular weight excluding hydrogens is 459 g/mol. The first-order valence-corrected chi connectivity index (χ1v) is 12.0. The van der Waals surface area contributed by atoms with E-state index in [-0.39, 0.29) is 11.8 Å². The van der Waals surface area contributed by atoms with Crippen molar-refractivity contribution in [3.8, 4) is 11.4 Å². The highest BCUT2D eigenvalue weighted by molar-refractivity contribution is 6.42. The average molecular weight is 483 g/mol. The van der Waals surface area contributed by atoms with Gasteiger partial charge in [0.25, 0.3) is 5.91 Å². The van der Waals surface area contributed by atoms with E-state index in [0.29, 0.717) is 34.3 Å². The smallest absolute Gasteiger partial charge is 0.254 e. The summed E-state index contributed by atoms with van der Waals surface area (Å²) in [5, 5.41) is 3.68. The summed E-state index contributed by atoms with van der Waals surface area (Å²) in [6.07, 6.45) is 6.81. The summed E-state index contributed by atoms with van der Waals surface area (Å²) in [7, 11) is 0. The third-order valence-electron chi connectivity index (χ3n) is 6.40. The molecule has 0 aliphatic carbocycles. The number of fused-ring (bicyclic) bond motifs is 1. The molecule has 0 bridgehead atoms. The molecule has 8 heteroatoms. The molecule has 0 saturated carbocycles. The molecule has 33 heavy (non-hydrogen) atoms. The number of aromatic nitrogens is 2. The Morgan fingerprint density at radius 2 is 1.79 bits per heavy atom. The molecule has 2 amide bonds. The predicted octanol–water partition coefficient (Wildman–Crippen LogP) is 5.44. The van der Waals surface area contributed by atoms with Gasteiger partial charge in [-0.1, -0.05) is 23.2 Å². The van der Waals surface area contributed by atoms with E-state index in [9.17, 15) is 9.59 Å². The van der Waals surface area contributed by atoms with Gasteiger partial charge in [0.2, 0.25) is 5.91 Å². The zero-order chi connectivity index (χ0) is 22.9. The van der Waals surface area contributed by atoms with Gasteiger partial charge >= 0.3 is 0 Å². The van der Waals surface area contributed by atoms with Crippen molar-refractivity contribution in [3.05, 3.63) is 70.0 Å². The molecule has 0 spiro atoms. The van der Waals surface area contributed by atoms with Crippen LogP contribution < -0.4 is 5.32 Å². The summed E-state index contributed by atoms with van der Waals surface area (Å²) in [5.74, 6) is 0.564. The molecule has 6 nitrogen and oxygen atoms in total. The van der Waals surface area contributed by atoms with Crippen LogP contribution in [0.1, 0.15) is 41.7 Å². The normalized spacial score (nSPS) is 17.6. The van der Waals surface area contributed by atoms with Crippen LogP contribution in [0.2, 0.25) is 10.0 Å². The Morgan fingerprint density at radius 1 is 0.970 bits per heavy atom. The van der Waals surface area contributed by atoms with Gasteiger partial charge in [0, 0.05) is 41.8 Å². The number of hydrogen-bond acceptors (Lipinski definition) is 3. The fraction of sp³-hybridized carbons (Fsp3) is 0.320. The van der Waals surface area contributed by atoms with Crippen molar-refractivity contribution in [2.45, 2.75) is 44.7 Å². The number of nitrogens with zero attached hydrogens (tertiary/aromatic N) is 3. The van der Waals surface area contributed by atoms with E-state index in [4.69, 9.17) is 23.2 Å². The van der Waals surface area contributed by atoms with E-state index < -0.39 is 6.04 Å². The third-order valence-corrected chi connectivity index (χ3v) is 7.14. The summed E-state index contributed by atoms with van der Waals surface area (Å²) >= 11 is 12.0. The molecule has 2 aliphatic heterocycles. The Bertz CT molecular complexity index is 1210. The maximum Gasteiger partial charge on any atom is 0.254 e. The SMILES string of the molecule is O=C(Nc1ccc(-c2ncc3n2CCCC3)cc1)C1CCCN1C(=O)c1ccc(Cl)c(Cl)c1. The van der Waals surface area contributed by atoms with E-state index in [1.54, 1.807) is 23.1 Å². The van der Waals surface area contributed by atoms with Crippen molar-refractivity contribution in [3.63, 3.8) is 0 Å². The molecule has 2 aliphatic rings. The molecule has 3 heterocycles. The van der Waals surface area contributed by atoms with Crippen molar-refractivity contribution in [1.29, 1.82) is 0 Å². The molecule has 5 rings (SSSR count). The largest absolute Gasteiger partial charge is 0.328 e. The number of imidazole rings is 1. The number of nitrogens with one attached hydrogen (secondary N) is 1. The Kier molecular flexibility index (Phi) is 6.13. The zero-order valence-corrected chi connectivity index (χ0v) is 19.6. The fourth-order valence-electron chi connectivity index (χ4n) is 4.67. The number of carbonyl (C=O) groups is 2. The van der Waals surface area contributed by atoms with Crippen LogP contribution in [0, 0.1) is 0 Å². The number of hydrogen-bond donors (Lipinski definition) is 1. The first kappa shape index (κ1) is 22.0. The number of anilines is 1. The van der Waals surface area contributed by atoms with Gasteiger partial charge in [0.15, 0.2) is 0 Å². The van der Waals surface area contributed by atoms with Gasteiger partial charge in [-0.15, -0.1) is 0 Å². The van der Waals surface area contributed by atoms with Gasteiger partial charge in [-0.05, 0) is 74.6 Å². The molecule has 170 valence electrons. The van der Waals surface area contributed by atoms with E-state index in [1.807, 2.05) is 30.5 Å². The lowest BCUT2D eigenvalue weighted by Gasteiger charge is -2.24. The van der Waals surface area contributed by atoms with Crippen LogP contribution in [0.25, 0.3) is 11.4 Å². The lowest BCUT2D eigenvalue weighted by Crippen LogP contribution is -2.43. The number of carbonyl (C=O) groups excluding carboxylic acids is 2. The van der Waals surface area contributed by atoms with Crippen molar-refractivity contribution in [2.75, 3.05) is 11.9 Å². The van der Waals surface area contributed by atoms with Gasteiger partial charge in [0.05, 0.1) is 10.0 Å². The number of halogens is 2. The highest BCUT2D eigenvalue weighted by Crippen LogP contribution is 2.28. The molecule has 0 radical (unpaired) electrons. The Hall–Kier alpha value is -2.83. The minimum Gasteiger partial charge on any atom is -0.328 e. The predicted molar refractivity (Wildman–Crippen MR) is 130 cm³/mol. The number of amides is 2. The summed E-state index contributed by atoms with van der Waals surface area (Å²) in [6.45, 7) is 1.52. The number of rotatable bonds is 4. The molecule has 1 unspecified atom stereocenters. The molecule has 1 fully saturated rings. The lowest BCUT2D eigenvalue weighted by atomic mass is 10.1. The Morgan fingerprint density at radius 3 is 2.58 bits per heavy atom. The molecule has 1 N–H and O–H groups in total. The van der Waals surface area contributed by atoms with Crippen LogP contribution >= 0.6 is 23.2 Å². The van der Waals surface area contributed by atoms with Crippen molar-refractivity contribution in [1.82, 2.24) is 14.5 Å². The molecule has 2 aromatic carbocycles. The highest BCUT2D eigenvalue weighted by atomic mass is 35.5. The first-order valence-electron chi connectivity index (χ1n) is 11.2. The summed E-state index contributed by atoms with van der Waals surface area (Å²) in [4.78, 5) is 32.2. The van der Waals surface area contributed by atoms with Crippen LogP contribution in [-0.2, 0) is 17.8 Å². The minimum absolute atomic E-state index is 0.188. The Balaban J connectivity index is 1.28. The summed E-state index contributed by atoms with van der Waals surface area (Å²) in [6, 6.07) is 12.0. The minimum atomic E-state index is -0.522. The van der Waals surface area contributed by atoms with Crippen molar-refractivity contribution < 1.29 is 9.59 Å². The van der Waals surface area contributed by atoms with E-state index >= 15 is 0 Å². The summed E-state index contributed by atoms with van der Waals surface area (Å²) < 4.78 is 2.28. The summed E-state index contributed by atoms with van der Waals surface area (Å²) in [5.41, 5.74) is 3.43. The zero-order valence-electron chi connectivity index (χ0n) is 18.1. The highest BCUT2D eigenvalue weighted by Gasteiger charge is 2.34. The second-order valence-electron chi connectivity index (χ2n) is 8.53. The second kappa shape index (κ2) is 9.20. The van der Waals surface area contributed by atoms with Gasteiger partial charge in [0.1, 0.15) is 11.9 Å². The van der Waals surface area contributed by atoms with Crippen LogP contribution in [0.15, 0.2) is 48.7 Å². The third kappa shape index (κ3) is 4.37. The van der Waals surface area contributed by atoms with E-state index in [2.05, 4.69) is 14.9 Å². The molecular formula is C25H24Cl2N4O2. The standard InChI is InChI=1S/C25H24Cl2N4O2/c26-20-11-8-17(14-21(20)27)25(33)31-13-3-5-22(31)24(32)29-18-9-6-16(7-10-18)23-28-15-19-4-1-2-12-30(19)23/h6-11,14-15,22H,1-5,12-13H2,(H,29,32). The fourth-order valence-corrected chi connectivity index (χ4v) is 4.97. The van der Waals surface area contributed by atoms with Crippen LogP contribution in [0.3, 0.4) is 0 Å². The average Bonchev–Trinajstić information content (AvgIpc) is 3.48. The van der Waals surface area contributed by atoms with Crippen LogP contribution in [-0.4, -0.2) is 38.9 Å². The van der Waals surface area contributed by atoms with E-state index in [1.165, 1.54) is 18.5 Å². The number of likely N-dealkylation sites (tertiary alicyclic amines) is 1.